The van der Waals surface area contributed by atoms with Gasteiger partial charge in [-0.15, -0.1) is 11.3 Å². The number of nitrogens with one attached hydrogen (secondary N) is 2. The van der Waals surface area contributed by atoms with E-state index in [9.17, 15) is 4.79 Å². The van der Waals surface area contributed by atoms with E-state index in [1.54, 1.807) is 17.7 Å². The highest BCUT2D eigenvalue weighted by Crippen LogP contribution is 2.25. The Morgan fingerprint density at radius 1 is 1.21 bits per heavy atom. The van der Waals surface area contributed by atoms with Crippen LogP contribution in [0, 0.1) is 0 Å². The first-order valence-corrected chi connectivity index (χ1v) is 8.71. The molecule has 0 spiro atoms. The van der Waals surface area contributed by atoms with Gasteiger partial charge in [0.05, 0.1) is 24.2 Å². The zero-order valence-electron chi connectivity index (χ0n) is 13.2. The molecule has 1 aromatic carbocycles. The first-order valence-electron chi connectivity index (χ1n) is 7.83. The molecule has 0 aliphatic heterocycles. The summed E-state index contributed by atoms with van der Waals surface area (Å²) in [6.45, 7) is 0.949. The molecule has 0 aliphatic rings. The predicted molar refractivity (Wildman–Crippen MR) is 95.2 cm³/mol. The monoisotopic (exact) mass is 341 g/mol. The van der Waals surface area contributed by atoms with Crippen molar-refractivity contribution in [3.05, 3.63) is 59.9 Å². The number of thiophene rings is 1. The van der Waals surface area contributed by atoms with Crippen LogP contribution in [0.1, 0.15) is 12.1 Å². The highest BCUT2D eigenvalue weighted by Gasteiger charge is 2.09. The smallest absolute Gasteiger partial charge is 0.223 e. The third-order valence-electron chi connectivity index (χ3n) is 3.51. The van der Waals surface area contributed by atoms with Crippen molar-refractivity contribution < 1.29 is 9.53 Å². The van der Waals surface area contributed by atoms with Crippen LogP contribution in [0.15, 0.2) is 54.2 Å². The average Bonchev–Trinajstić information content (AvgIpc) is 3.27. The average molecular weight is 341 g/mol. The molecule has 5 nitrogen and oxygen atoms in total. The van der Waals surface area contributed by atoms with E-state index in [-0.39, 0.29) is 5.91 Å². The number of rotatable bonds is 8. The molecule has 0 unspecified atom stereocenters. The van der Waals surface area contributed by atoms with Crippen molar-refractivity contribution in [1.29, 1.82) is 0 Å². The maximum atomic E-state index is 11.9. The Morgan fingerprint density at radius 3 is 2.88 bits per heavy atom. The first kappa shape index (κ1) is 16.3. The molecule has 3 aromatic rings. The van der Waals surface area contributed by atoms with Gasteiger partial charge in [-0.2, -0.15) is 0 Å². The van der Waals surface area contributed by atoms with Gasteiger partial charge in [0.2, 0.25) is 5.91 Å². The highest BCUT2D eigenvalue weighted by atomic mass is 32.1. The van der Waals surface area contributed by atoms with Gasteiger partial charge in [0, 0.05) is 18.7 Å². The van der Waals surface area contributed by atoms with Gasteiger partial charge in [-0.1, -0.05) is 24.3 Å². The molecule has 0 saturated carbocycles. The van der Waals surface area contributed by atoms with Gasteiger partial charge in [0.15, 0.2) is 0 Å². The van der Waals surface area contributed by atoms with E-state index in [1.807, 2.05) is 47.8 Å². The minimum absolute atomic E-state index is 0.0110. The second-order valence-electron chi connectivity index (χ2n) is 5.22. The number of carbonyl (C=O) groups is 1. The topological polar surface area (TPSA) is 67.0 Å². The summed E-state index contributed by atoms with van der Waals surface area (Å²) in [5, 5.41) is 4.95. The van der Waals surface area contributed by atoms with Crippen LogP contribution in [0.2, 0.25) is 0 Å². The van der Waals surface area contributed by atoms with Crippen molar-refractivity contribution in [2.45, 2.75) is 12.8 Å². The van der Waals surface area contributed by atoms with Crippen LogP contribution in [-0.4, -0.2) is 29.0 Å². The standard InChI is InChI=1S/C18H19N3O2S/c22-17(9-11-23-14-5-2-1-3-6-14)19-10-8-15-18(21-13-20-15)16-7-4-12-24-16/h1-7,12-13H,8-11H2,(H,19,22)(H,20,21). The lowest BCUT2D eigenvalue weighted by atomic mass is 10.2. The maximum Gasteiger partial charge on any atom is 0.223 e. The number of aromatic amines is 1. The number of imidazole rings is 1. The zero-order chi connectivity index (χ0) is 16.6. The number of H-pyrrole nitrogens is 1. The van der Waals surface area contributed by atoms with Crippen LogP contribution >= 0.6 is 11.3 Å². The van der Waals surface area contributed by atoms with Crippen molar-refractivity contribution in [2.24, 2.45) is 0 Å². The number of benzene rings is 1. The molecule has 6 heteroatoms. The molecular weight excluding hydrogens is 322 g/mol. The fourth-order valence-corrected chi connectivity index (χ4v) is 3.08. The Balaban J connectivity index is 1.39. The fraction of sp³-hybridized carbons (Fsp3) is 0.222. The van der Waals surface area contributed by atoms with Gasteiger partial charge in [0.1, 0.15) is 11.4 Å². The number of carbonyl (C=O) groups excluding carboxylic acids is 1. The summed E-state index contributed by atoms with van der Waals surface area (Å²) in [4.78, 5) is 20.5. The molecule has 0 atom stereocenters. The molecule has 1 amide bonds. The van der Waals surface area contributed by atoms with Crippen LogP contribution in [0.4, 0.5) is 0 Å². The summed E-state index contributed by atoms with van der Waals surface area (Å²) in [6.07, 6.45) is 2.76. The summed E-state index contributed by atoms with van der Waals surface area (Å²) < 4.78 is 5.52. The fourth-order valence-electron chi connectivity index (χ4n) is 2.33. The van der Waals surface area contributed by atoms with E-state index in [2.05, 4.69) is 15.3 Å². The second kappa shape index (κ2) is 8.31. The lowest BCUT2D eigenvalue weighted by Crippen LogP contribution is -2.27. The lowest BCUT2D eigenvalue weighted by molar-refractivity contribution is -0.121. The minimum Gasteiger partial charge on any atom is -0.493 e. The zero-order valence-corrected chi connectivity index (χ0v) is 14.0. The summed E-state index contributed by atoms with van der Waals surface area (Å²) >= 11 is 1.66. The van der Waals surface area contributed by atoms with Crippen LogP contribution in [0.5, 0.6) is 5.75 Å². The Bertz CT molecular complexity index is 754. The van der Waals surface area contributed by atoms with Crippen molar-refractivity contribution in [1.82, 2.24) is 15.3 Å². The molecular formula is C18H19N3O2S. The molecule has 0 aliphatic carbocycles. The van der Waals surface area contributed by atoms with E-state index in [1.165, 1.54) is 0 Å². The van der Waals surface area contributed by atoms with Crippen LogP contribution in [0.25, 0.3) is 10.6 Å². The summed E-state index contributed by atoms with van der Waals surface area (Å²) in [7, 11) is 0. The largest absolute Gasteiger partial charge is 0.493 e. The maximum absolute atomic E-state index is 11.9. The Kier molecular flexibility index (Phi) is 5.63. The third-order valence-corrected chi connectivity index (χ3v) is 4.39. The molecule has 24 heavy (non-hydrogen) atoms. The molecule has 0 saturated heterocycles. The van der Waals surface area contributed by atoms with Crippen molar-refractivity contribution in [3.63, 3.8) is 0 Å². The SMILES string of the molecule is O=C(CCOc1ccccc1)NCCc1[nH]cnc1-c1cccs1. The Morgan fingerprint density at radius 2 is 2.08 bits per heavy atom. The molecule has 124 valence electrons. The summed E-state index contributed by atoms with van der Waals surface area (Å²) in [6, 6.07) is 13.6. The highest BCUT2D eigenvalue weighted by molar-refractivity contribution is 7.13. The van der Waals surface area contributed by atoms with E-state index in [4.69, 9.17) is 4.74 Å². The predicted octanol–water partition coefficient (Wildman–Crippen LogP) is 3.27. The van der Waals surface area contributed by atoms with E-state index in [0.29, 0.717) is 19.6 Å². The number of hydrogen-bond acceptors (Lipinski definition) is 4. The quantitative estimate of drug-likeness (QED) is 0.661. The molecule has 2 N–H and O–H groups in total. The van der Waals surface area contributed by atoms with Gasteiger partial charge < -0.3 is 15.0 Å². The number of aromatic nitrogens is 2. The Labute approximate surface area is 144 Å². The van der Waals surface area contributed by atoms with Gasteiger partial charge in [-0.3, -0.25) is 4.79 Å². The van der Waals surface area contributed by atoms with Crippen LogP contribution < -0.4 is 10.1 Å². The number of amides is 1. The molecule has 0 bridgehead atoms. The minimum atomic E-state index is -0.0110. The molecule has 2 aromatic heterocycles. The molecule has 0 fully saturated rings. The third kappa shape index (κ3) is 4.45. The summed E-state index contributed by atoms with van der Waals surface area (Å²) in [5.41, 5.74) is 2.00. The van der Waals surface area contributed by atoms with E-state index < -0.39 is 0 Å². The number of hydrogen-bond donors (Lipinski definition) is 2. The molecule has 0 radical (unpaired) electrons. The summed E-state index contributed by atoms with van der Waals surface area (Å²) in [5.74, 6) is 0.770. The van der Waals surface area contributed by atoms with Crippen molar-refractivity contribution in [3.8, 4) is 16.3 Å². The van der Waals surface area contributed by atoms with Crippen LogP contribution in [-0.2, 0) is 11.2 Å². The lowest BCUT2D eigenvalue weighted by Gasteiger charge is -2.07. The molecule has 2 heterocycles. The van der Waals surface area contributed by atoms with Crippen LogP contribution in [0.3, 0.4) is 0 Å². The Hall–Kier alpha value is -2.60. The van der Waals surface area contributed by atoms with Crippen molar-refractivity contribution in [2.75, 3.05) is 13.2 Å². The van der Waals surface area contributed by atoms with Gasteiger partial charge in [0.25, 0.3) is 0 Å². The van der Waals surface area contributed by atoms with Gasteiger partial charge in [-0.05, 0) is 23.6 Å². The van der Waals surface area contributed by atoms with E-state index in [0.717, 1.165) is 28.4 Å². The number of nitrogens with zero attached hydrogens (tertiary/aromatic N) is 1. The normalized spacial score (nSPS) is 10.5. The van der Waals surface area contributed by atoms with Gasteiger partial charge in [-0.25, -0.2) is 4.98 Å². The van der Waals surface area contributed by atoms with Gasteiger partial charge >= 0.3 is 0 Å². The van der Waals surface area contributed by atoms with E-state index >= 15 is 0 Å². The van der Waals surface area contributed by atoms with Crippen molar-refractivity contribution >= 4 is 17.2 Å². The number of ether oxygens (including phenoxy) is 1. The molecule has 3 rings (SSSR count). The second-order valence-corrected chi connectivity index (χ2v) is 6.17. The first-order chi connectivity index (χ1) is 11.8. The number of para-hydroxylation sites is 1.